The van der Waals surface area contributed by atoms with E-state index in [1.54, 1.807) is 23.1 Å². The first-order valence-corrected chi connectivity index (χ1v) is 8.45. The van der Waals surface area contributed by atoms with Crippen LogP contribution in [0.5, 0.6) is 0 Å². The molecule has 130 valence electrons. The summed E-state index contributed by atoms with van der Waals surface area (Å²) in [6.07, 6.45) is 3.44. The zero-order valence-corrected chi connectivity index (χ0v) is 14.6. The molecule has 0 spiro atoms. The lowest BCUT2D eigenvalue weighted by Crippen LogP contribution is -2.23. The number of carbonyl (C=O) groups excluding carboxylic acids is 1. The molecule has 0 saturated carbocycles. The van der Waals surface area contributed by atoms with E-state index in [-0.39, 0.29) is 11.9 Å². The molecule has 0 bridgehead atoms. The van der Waals surface area contributed by atoms with Crippen molar-refractivity contribution in [2.24, 2.45) is 7.05 Å². The Kier molecular flexibility index (Phi) is 4.01. The van der Waals surface area contributed by atoms with Crippen LogP contribution in [0.2, 0.25) is 0 Å². The first-order chi connectivity index (χ1) is 12.6. The Bertz CT molecular complexity index is 1060. The van der Waals surface area contributed by atoms with Crippen LogP contribution in [0.1, 0.15) is 13.0 Å². The lowest BCUT2D eigenvalue weighted by atomic mass is 10.2. The quantitative estimate of drug-likeness (QED) is 0.614. The van der Waals surface area contributed by atoms with Crippen LogP contribution in [-0.4, -0.2) is 25.2 Å². The number of imidazole rings is 1. The highest BCUT2D eigenvalue weighted by molar-refractivity contribution is 5.94. The molecule has 26 heavy (non-hydrogen) atoms. The van der Waals surface area contributed by atoms with Crippen molar-refractivity contribution in [1.29, 1.82) is 0 Å². The Morgan fingerprint density at radius 2 is 1.96 bits per heavy atom. The Labute approximate surface area is 151 Å². The minimum absolute atomic E-state index is 0.115. The standard InChI is InChI=1S/C20H19N5O/c1-14(25-12-6-11-21-25)20(26)22-16-8-5-7-15(13-16)19-23-17-9-3-4-10-18(17)24(19)2/h3-14H,1-2H3,(H,22,26). The van der Waals surface area contributed by atoms with Crippen LogP contribution in [-0.2, 0) is 11.8 Å². The van der Waals surface area contributed by atoms with Crippen LogP contribution in [0, 0.1) is 0 Å². The van der Waals surface area contributed by atoms with E-state index >= 15 is 0 Å². The van der Waals surface area contributed by atoms with Crippen LogP contribution in [0.25, 0.3) is 22.4 Å². The van der Waals surface area contributed by atoms with Crippen LogP contribution < -0.4 is 5.32 Å². The van der Waals surface area contributed by atoms with Gasteiger partial charge in [-0.2, -0.15) is 5.10 Å². The van der Waals surface area contributed by atoms with Gasteiger partial charge in [-0.15, -0.1) is 0 Å². The number of hydrogen-bond donors (Lipinski definition) is 1. The minimum atomic E-state index is -0.385. The molecule has 0 aliphatic carbocycles. The Hall–Kier alpha value is -3.41. The van der Waals surface area contributed by atoms with Crippen molar-refractivity contribution in [2.45, 2.75) is 13.0 Å². The number of amides is 1. The summed E-state index contributed by atoms with van der Waals surface area (Å²) in [4.78, 5) is 17.2. The highest BCUT2D eigenvalue weighted by Gasteiger charge is 2.16. The number of nitrogens with one attached hydrogen (secondary N) is 1. The molecular formula is C20H19N5O. The summed E-state index contributed by atoms with van der Waals surface area (Å²) in [6, 6.07) is 17.2. The third kappa shape index (κ3) is 2.86. The van der Waals surface area contributed by atoms with Crippen molar-refractivity contribution in [3.8, 4) is 11.4 Å². The number of para-hydroxylation sites is 2. The number of aromatic nitrogens is 4. The monoisotopic (exact) mass is 345 g/mol. The van der Waals surface area contributed by atoms with Crippen molar-refractivity contribution in [3.05, 3.63) is 67.0 Å². The van der Waals surface area contributed by atoms with E-state index in [1.165, 1.54) is 0 Å². The molecular weight excluding hydrogens is 326 g/mol. The summed E-state index contributed by atoms with van der Waals surface area (Å²) in [5.74, 6) is 0.748. The average molecular weight is 345 g/mol. The zero-order chi connectivity index (χ0) is 18.1. The van der Waals surface area contributed by atoms with E-state index in [4.69, 9.17) is 4.98 Å². The second-order valence-electron chi connectivity index (χ2n) is 6.22. The molecule has 4 rings (SSSR count). The van der Waals surface area contributed by atoms with Gasteiger partial charge in [-0.3, -0.25) is 9.48 Å². The van der Waals surface area contributed by atoms with Crippen molar-refractivity contribution in [2.75, 3.05) is 5.32 Å². The van der Waals surface area contributed by atoms with Crippen LogP contribution in [0.15, 0.2) is 67.0 Å². The molecule has 2 aromatic carbocycles. The van der Waals surface area contributed by atoms with Gasteiger partial charge in [0, 0.05) is 30.7 Å². The molecule has 4 aromatic rings. The van der Waals surface area contributed by atoms with Crippen molar-refractivity contribution >= 4 is 22.6 Å². The minimum Gasteiger partial charge on any atom is -0.327 e. The molecule has 0 saturated heterocycles. The maximum atomic E-state index is 12.5. The second-order valence-corrected chi connectivity index (χ2v) is 6.22. The van der Waals surface area contributed by atoms with E-state index in [9.17, 15) is 4.79 Å². The molecule has 6 nitrogen and oxygen atoms in total. The van der Waals surface area contributed by atoms with E-state index in [0.29, 0.717) is 0 Å². The number of fused-ring (bicyclic) bond motifs is 1. The third-order valence-corrected chi connectivity index (χ3v) is 4.48. The first-order valence-electron chi connectivity index (χ1n) is 8.45. The van der Waals surface area contributed by atoms with E-state index in [1.807, 2.05) is 62.5 Å². The number of rotatable bonds is 4. The predicted octanol–water partition coefficient (Wildman–Crippen LogP) is 3.64. The lowest BCUT2D eigenvalue weighted by molar-refractivity contribution is -0.119. The molecule has 2 heterocycles. The molecule has 6 heteroatoms. The predicted molar refractivity (Wildman–Crippen MR) is 102 cm³/mol. The fourth-order valence-electron chi connectivity index (χ4n) is 3.02. The van der Waals surface area contributed by atoms with Gasteiger partial charge in [-0.25, -0.2) is 4.98 Å². The molecule has 1 unspecified atom stereocenters. The summed E-state index contributed by atoms with van der Waals surface area (Å²) in [5, 5.41) is 7.08. The Morgan fingerprint density at radius 1 is 1.12 bits per heavy atom. The molecule has 0 radical (unpaired) electrons. The van der Waals surface area contributed by atoms with Crippen LogP contribution in [0.4, 0.5) is 5.69 Å². The Morgan fingerprint density at radius 3 is 2.73 bits per heavy atom. The number of carbonyl (C=O) groups is 1. The van der Waals surface area contributed by atoms with Gasteiger partial charge in [0.1, 0.15) is 11.9 Å². The van der Waals surface area contributed by atoms with Gasteiger partial charge < -0.3 is 9.88 Å². The van der Waals surface area contributed by atoms with E-state index < -0.39 is 0 Å². The maximum Gasteiger partial charge on any atom is 0.248 e. The number of aryl methyl sites for hydroxylation is 1. The summed E-state index contributed by atoms with van der Waals surface area (Å²) in [7, 11) is 2.00. The van der Waals surface area contributed by atoms with Gasteiger partial charge in [0.2, 0.25) is 5.91 Å². The smallest absolute Gasteiger partial charge is 0.248 e. The highest BCUT2D eigenvalue weighted by Crippen LogP contribution is 2.25. The second kappa shape index (κ2) is 6.48. The molecule has 1 atom stereocenters. The maximum absolute atomic E-state index is 12.5. The van der Waals surface area contributed by atoms with Crippen LogP contribution >= 0.6 is 0 Å². The van der Waals surface area contributed by atoms with Crippen molar-refractivity contribution in [1.82, 2.24) is 19.3 Å². The van der Waals surface area contributed by atoms with Gasteiger partial charge in [-0.05, 0) is 37.3 Å². The largest absolute Gasteiger partial charge is 0.327 e. The number of benzene rings is 2. The fourth-order valence-corrected chi connectivity index (χ4v) is 3.02. The molecule has 0 fully saturated rings. The average Bonchev–Trinajstić information content (AvgIpc) is 3.30. The number of nitrogens with zero attached hydrogens (tertiary/aromatic N) is 4. The number of hydrogen-bond acceptors (Lipinski definition) is 3. The summed E-state index contributed by atoms with van der Waals surface area (Å²) < 4.78 is 3.69. The molecule has 2 aromatic heterocycles. The van der Waals surface area contributed by atoms with Crippen molar-refractivity contribution < 1.29 is 4.79 Å². The van der Waals surface area contributed by atoms with E-state index in [2.05, 4.69) is 15.0 Å². The molecule has 0 aliphatic rings. The van der Waals surface area contributed by atoms with Gasteiger partial charge in [-0.1, -0.05) is 24.3 Å². The molecule has 1 N–H and O–H groups in total. The van der Waals surface area contributed by atoms with Crippen molar-refractivity contribution in [3.63, 3.8) is 0 Å². The molecule has 1 amide bonds. The summed E-state index contributed by atoms with van der Waals surface area (Å²) >= 11 is 0. The lowest BCUT2D eigenvalue weighted by Gasteiger charge is -2.13. The normalized spacial score (nSPS) is 12.2. The van der Waals surface area contributed by atoms with Gasteiger partial charge in [0.15, 0.2) is 0 Å². The number of anilines is 1. The van der Waals surface area contributed by atoms with Gasteiger partial charge in [0.25, 0.3) is 0 Å². The van der Waals surface area contributed by atoms with E-state index in [0.717, 1.165) is 28.1 Å². The summed E-state index contributed by atoms with van der Waals surface area (Å²) in [5.41, 5.74) is 3.71. The topological polar surface area (TPSA) is 64.7 Å². The first kappa shape index (κ1) is 16.1. The van der Waals surface area contributed by atoms with Gasteiger partial charge >= 0.3 is 0 Å². The van der Waals surface area contributed by atoms with Gasteiger partial charge in [0.05, 0.1) is 11.0 Å². The third-order valence-electron chi connectivity index (χ3n) is 4.48. The van der Waals surface area contributed by atoms with Crippen LogP contribution in [0.3, 0.4) is 0 Å². The zero-order valence-electron chi connectivity index (χ0n) is 14.6. The fraction of sp³-hybridized carbons (Fsp3) is 0.150. The molecule has 0 aliphatic heterocycles. The summed E-state index contributed by atoms with van der Waals surface area (Å²) in [6.45, 7) is 1.82. The highest BCUT2D eigenvalue weighted by atomic mass is 16.2. The SMILES string of the molecule is CC(C(=O)Nc1cccc(-c2nc3ccccc3n2C)c1)n1cccn1. The Balaban J connectivity index is 1.62.